The fraction of sp³-hybridized carbons (Fsp3) is 0.208. The summed E-state index contributed by atoms with van der Waals surface area (Å²) in [5.41, 5.74) is 3.08. The highest BCUT2D eigenvalue weighted by atomic mass is 19.1. The number of aliphatic hydroxyl groups is 1. The number of amides is 1. The second kappa shape index (κ2) is 7.49. The number of pyridine rings is 1. The van der Waals surface area contributed by atoms with E-state index < -0.39 is 17.7 Å². The highest BCUT2D eigenvalue weighted by Crippen LogP contribution is 2.34. The first-order chi connectivity index (χ1) is 15.3. The molecule has 6 nitrogen and oxygen atoms in total. The number of fused-ring (bicyclic) bond motifs is 2. The van der Waals surface area contributed by atoms with Gasteiger partial charge in [0.2, 0.25) is 0 Å². The van der Waals surface area contributed by atoms with E-state index in [2.05, 4.69) is 10.1 Å². The summed E-state index contributed by atoms with van der Waals surface area (Å²) in [5.74, 6) is -1.75. The molecule has 8 heteroatoms. The van der Waals surface area contributed by atoms with Gasteiger partial charge in [0.25, 0.3) is 5.91 Å². The van der Waals surface area contributed by atoms with Gasteiger partial charge in [-0.25, -0.2) is 8.78 Å². The topological polar surface area (TPSA) is 71.2 Å². The lowest BCUT2D eigenvalue weighted by atomic mass is 9.96. The average Bonchev–Trinajstić information content (AvgIpc) is 3.29. The minimum absolute atomic E-state index is 0.169. The van der Waals surface area contributed by atoms with Crippen molar-refractivity contribution in [1.29, 1.82) is 0 Å². The molecule has 0 bridgehead atoms. The monoisotopic (exact) mass is 434 g/mol. The molecule has 0 radical (unpaired) electrons. The van der Waals surface area contributed by atoms with Crippen LogP contribution in [0.1, 0.15) is 40.2 Å². The van der Waals surface area contributed by atoms with Crippen LogP contribution in [-0.2, 0) is 20.1 Å². The Morgan fingerprint density at radius 2 is 1.91 bits per heavy atom. The van der Waals surface area contributed by atoms with Gasteiger partial charge in [-0.3, -0.25) is 14.5 Å². The summed E-state index contributed by atoms with van der Waals surface area (Å²) in [6, 6.07) is 9.31. The van der Waals surface area contributed by atoms with Gasteiger partial charge in [0.05, 0.1) is 36.0 Å². The highest BCUT2D eigenvalue weighted by molar-refractivity contribution is 5.98. The van der Waals surface area contributed by atoms with Crippen LogP contribution in [0.4, 0.5) is 8.78 Å². The van der Waals surface area contributed by atoms with E-state index in [0.717, 1.165) is 0 Å². The Morgan fingerprint density at radius 3 is 2.59 bits per heavy atom. The minimum atomic E-state index is -0.728. The Balaban J connectivity index is 1.52. The van der Waals surface area contributed by atoms with Gasteiger partial charge in [-0.1, -0.05) is 12.1 Å². The molecule has 5 rings (SSSR count). The smallest absolute Gasteiger partial charge is 0.256 e. The molecular weight excluding hydrogens is 414 g/mol. The van der Waals surface area contributed by atoms with Crippen LogP contribution in [0.3, 0.4) is 0 Å². The van der Waals surface area contributed by atoms with E-state index in [4.69, 9.17) is 0 Å². The van der Waals surface area contributed by atoms with Crippen LogP contribution in [0.15, 0.2) is 48.8 Å². The van der Waals surface area contributed by atoms with Gasteiger partial charge < -0.3 is 10.0 Å². The van der Waals surface area contributed by atoms with Crippen molar-refractivity contribution in [2.45, 2.75) is 26.1 Å². The van der Waals surface area contributed by atoms with Crippen LogP contribution >= 0.6 is 0 Å². The van der Waals surface area contributed by atoms with Crippen LogP contribution in [0, 0.1) is 11.6 Å². The highest BCUT2D eigenvalue weighted by Gasteiger charge is 2.29. The molecule has 2 aromatic heterocycles. The number of aryl methyl sites for hydroxylation is 1. The van der Waals surface area contributed by atoms with Crippen molar-refractivity contribution in [3.8, 4) is 11.1 Å². The van der Waals surface area contributed by atoms with Gasteiger partial charge in [0, 0.05) is 36.0 Å². The van der Waals surface area contributed by atoms with Crippen LogP contribution in [0.25, 0.3) is 22.0 Å². The van der Waals surface area contributed by atoms with Gasteiger partial charge in [0.1, 0.15) is 11.6 Å². The van der Waals surface area contributed by atoms with E-state index in [1.54, 1.807) is 55.3 Å². The zero-order chi connectivity index (χ0) is 22.6. The number of aliphatic hydroxyl groups excluding tert-OH is 1. The minimum Gasteiger partial charge on any atom is -0.389 e. The fourth-order valence-corrected chi connectivity index (χ4v) is 4.24. The Labute approximate surface area is 182 Å². The number of hydrogen-bond donors (Lipinski definition) is 1. The van der Waals surface area contributed by atoms with Crippen LogP contribution in [0.2, 0.25) is 0 Å². The van der Waals surface area contributed by atoms with Gasteiger partial charge >= 0.3 is 0 Å². The number of rotatable bonds is 4. The van der Waals surface area contributed by atoms with E-state index in [-0.39, 0.29) is 24.6 Å². The number of benzene rings is 2. The summed E-state index contributed by atoms with van der Waals surface area (Å²) in [6.07, 6.45) is 2.62. The molecular formula is C24H20F2N4O2. The molecule has 0 spiro atoms. The Morgan fingerprint density at radius 1 is 1.16 bits per heavy atom. The molecule has 0 saturated heterocycles. The van der Waals surface area contributed by atoms with Gasteiger partial charge in [-0.2, -0.15) is 5.10 Å². The number of hydrogen-bond acceptors (Lipinski definition) is 4. The maximum absolute atomic E-state index is 15.1. The van der Waals surface area contributed by atoms with Crippen LogP contribution in [-0.4, -0.2) is 30.7 Å². The van der Waals surface area contributed by atoms with Crippen LogP contribution < -0.4 is 0 Å². The number of aromatic nitrogens is 3. The van der Waals surface area contributed by atoms with E-state index >= 15 is 8.78 Å². The van der Waals surface area contributed by atoms with Gasteiger partial charge in [0.15, 0.2) is 0 Å². The molecule has 1 amide bonds. The molecule has 0 saturated carbocycles. The van der Waals surface area contributed by atoms with E-state index in [0.29, 0.717) is 38.9 Å². The largest absolute Gasteiger partial charge is 0.389 e. The predicted molar refractivity (Wildman–Crippen MR) is 115 cm³/mol. The normalized spacial score (nSPS) is 14.3. The second-order valence-electron chi connectivity index (χ2n) is 8.02. The average molecular weight is 434 g/mol. The number of carbonyl (C=O) groups excluding carboxylic acids is 1. The maximum Gasteiger partial charge on any atom is 0.256 e. The molecule has 2 aromatic carbocycles. The predicted octanol–water partition coefficient (Wildman–Crippen LogP) is 4.12. The first kappa shape index (κ1) is 20.3. The quantitative estimate of drug-likeness (QED) is 0.525. The second-order valence-corrected chi connectivity index (χ2v) is 8.02. The first-order valence-electron chi connectivity index (χ1n) is 10.2. The summed E-state index contributed by atoms with van der Waals surface area (Å²) in [7, 11) is 1.75. The molecule has 0 aliphatic carbocycles. The van der Waals surface area contributed by atoms with Crippen molar-refractivity contribution in [3.05, 3.63) is 82.8 Å². The third-order valence-electron chi connectivity index (χ3n) is 5.82. The van der Waals surface area contributed by atoms with E-state index in [1.165, 1.54) is 17.0 Å². The molecule has 162 valence electrons. The molecule has 1 aliphatic heterocycles. The molecule has 4 aromatic rings. The summed E-state index contributed by atoms with van der Waals surface area (Å²) in [6.45, 7) is 1.67. The van der Waals surface area contributed by atoms with Crippen molar-refractivity contribution >= 4 is 16.8 Å². The Kier molecular flexibility index (Phi) is 4.74. The van der Waals surface area contributed by atoms with E-state index in [9.17, 15) is 9.90 Å². The molecule has 1 unspecified atom stereocenters. The summed E-state index contributed by atoms with van der Waals surface area (Å²) < 4.78 is 31.7. The first-order valence-corrected chi connectivity index (χ1v) is 10.2. The third-order valence-corrected chi connectivity index (χ3v) is 5.82. The summed E-state index contributed by atoms with van der Waals surface area (Å²) in [5, 5.41) is 15.1. The van der Waals surface area contributed by atoms with Crippen molar-refractivity contribution in [2.24, 2.45) is 7.05 Å². The van der Waals surface area contributed by atoms with Gasteiger partial charge in [-0.05, 0) is 42.3 Å². The van der Waals surface area contributed by atoms with Gasteiger partial charge in [-0.15, -0.1) is 0 Å². The van der Waals surface area contributed by atoms with E-state index in [1.807, 2.05) is 0 Å². The molecule has 1 N–H and O–H groups in total. The molecule has 1 aliphatic rings. The Bertz CT molecular complexity index is 1360. The lowest BCUT2D eigenvalue weighted by Gasteiger charge is -2.17. The lowest BCUT2D eigenvalue weighted by molar-refractivity contribution is 0.0763. The number of halogens is 2. The molecule has 32 heavy (non-hydrogen) atoms. The fourth-order valence-electron chi connectivity index (χ4n) is 4.24. The lowest BCUT2D eigenvalue weighted by Crippen LogP contribution is -2.24. The standard InChI is InChI=1S/C24H20F2N4O2/c1-13(31)15-5-6-16(18-10-29(2)28-23(15)18)14-8-20(25)19(21(26)9-14)11-30-12-22-17(24(30)32)4-3-7-27-22/h3-10,13,31H,11-12H2,1-2H3. The third kappa shape index (κ3) is 3.23. The number of carbonyl (C=O) groups is 1. The molecule has 0 fully saturated rings. The zero-order valence-corrected chi connectivity index (χ0v) is 17.5. The Hall–Kier alpha value is -3.65. The van der Waals surface area contributed by atoms with Crippen molar-refractivity contribution in [2.75, 3.05) is 0 Å². The SMILES string of the molecule is CC(O)c1ccc(-c2cc(F)c(CN3Cc4ncccc4C3=O)c(F)c2)c2cn(C)nc12. The zero-order valence-electron chi connectivity index (χ0n) is 17.5. The van der Waals surface area contributed by atoms with Crippen molar-refractivity contribution < 1.29 is 18.7 Å². The van der Waals surface area contributed by atoms with Crippen molar-refractivity contribution in [3.63, 3.8) is 0 Å². The number of nitrogens with zero attached hydrogens (tertiary/aromatic N) is 4. The maximum atomic E-state index is 15.1. The van der Waals surface area contributed by atoms with Crippen LogP contribution in [0.5, 0.6) is 0 Å². The summed E-state index contributed by atoms with van der Waals surface area (Å²) in [4.78, 5) is 18.1. The molecule has 3 heterocycles. The van der Waals surface area contributed by atoms with Crippen molar-refractivity contribution in [1.82, 2.24) is 19.7 Å². The molecule has 1 atom stereocenters. The summed E-state index contributed by atoms with van der Waals surface area (Å²) >= 11 is 0.